The van der Waals surface area contributed by atoms with E-state index in [-0.39, 0.29) is 11.8 Å². The average Bonchev–Trinajstić information content (AvgIpc) is 3.48. The third-order valence-corrected chi connectivity index (χ3v) is 14.3. The fourth-order valence-corrected chi connectivity index (χ4v) is 10.4. The second-order valence-corrected chi connectivity index (χ2v) is 19.3. The van der Waals surface area contributed by atoms with Crippen molar-refractivity contribution in [3.8, 4) is 11.1 Å². The summed E-state index contributed by atoms with van der Waals surface area (Å²) in [6.07, 6.45) is 9.85. The summed E-state index contributed by atoms with van der Waals surface area (Å²) in [4.78, 5) is 10.1. The molecular formula is C72H59N3. The molecule has 11 rings (SSSR count). The van der Waals surface area contributed by atoms with Crippen LogP contribution >= 0.6 is 0 Å². The van der Waals surface area contributed by atoms with Gasteiger partial charge in [0.1, 0.15) is 0 Å². The minimum Gasteiger partial charge on any atom is -0.311 e. The Morgan fingerprint density at radius 2 is 0.973 bits per heavy atom. The number of benzene rings is 10. The summed E-state index contributed by atoms with van der Waals surface area (Å²) in [5.74, 6) is 0.209. The first-order valence-corrected chi connectivity index (χ1v) is 25.9. The van der Waals surface area contributed by atoms with E-state index in [1.54, 1.807) is 0 Å². The summed E-state index contributed by atoms with van der Waals surface area (Å²) < 4.78 is 0. The molecule has 0 saturated heterocycles. The van der Waals surface area contributed by atoms with E-state index in [1.807, 2.05) is 0 Å². The molecule has 0 spiro atoms. The van der Waals surface area contributed by atoms with Crippen molar-refractivity contribution in [2.24, 2.45) is 4.99 Å². The number of para-hydroxylation sites is 4. The third-order valence-electron chi connectivity index (χ3n) is 14.3. The Morgan fingerprint density at radius 3 is 1.61 bits per heavy atom. The van der Waals surface area contributed by atoms with E-state index < -0.39 is 0 Å². The topological polar surface area (TPSA) is 18.8 Å². The van der Waals surface area contributed by atoms with Crippen molar-refractivity contribution in [2.75, 3.05) is 9.80 Å². The molecule has 2 atom stereocenters. The van der Waals surface area contributed by atoms with Gasteiger partial charge in [-0.2, -0.15) is 0 Å². The summed E-state index contributed by atoms with van der Waals surface area (Å²) >= 11 is 0. The molecule has 0 fully saturated rings. The fraction of sp³-hybridized carbons (Fsp3) is 0.0694. The van der Waals surface area contributed by atoms with Crippen LogP contribution in [-0.2, 0) is 0 Å². The minimum atomic E-state index is -0.0777. The quantitative estimate of drug-likeness (QED) is 0.0753. The number of rotatable bonds is 15. The molecule has 1 aliphatic rings. The molecule has 0 amide bonds. The molecule has 1 aliphatic carbocycles. The highest BCUT2D eigenvalue weighted by Gasteiger charge is 2.24. The van der Waals surface area contributed by atoms with Gasteiger partial charge in [0, 0.05) is 57.1 Å². The Bertz CT molecular complexity index is 3590. The van der Waals surface area contributed by atoms with Crippen LogP contribution in [0.15, 0.2) is 297 Å². The number of allylic oxidation sites excluding steroid dienone is 5. The van der Waals surface area contributed by atoms with Crippen LogP contribution in [0.2, 0.25) is 0 Å². The number of aryl methyl sites for hydroxylation is 2. The molecule has 75 heavy (non-hydrogen) atoms. The lowest BCUT2D eigenvalue weighted by molar-refractivity contribution is 0.852. The first-order valence-electron chi connectivity index (χ1n) is 25.9. The maximum atomic E-state index is 5.44. The van der Waals surface area contributed by atoms with Gasteiger partial charge in [0.25, 0.3) is 0 Å². The molecule has 0 radical (unpaired) electrons. The Labute approximate surface area is 443 Å². The predicted molar refractivity (Wildman–Crippen MR) is 318 cm³/mol. The highest BCUT2D eigenvalue weighted by Crippen LogP contribution is 2.43. The average molecular weight is 966 g/mol. The van der Waals surface area contributed by atoms with Gasteiger partial charge in [0.2, 0.25) is 0 Å². The smallest absolute Gasteiger partial charge is 0.0781 e. The van der Waals surface area contributed by atoms with Gasteiger partial charge in [-0.05, 0) is 138 Å². The third kappa shape index (κ3) is 10.5. The van der Waals surface area contributed by atoms with E-state index in [0.717, 1.165) is 68.5 Å². The largest absolute Gasteiger partial charge is 0.311 e. The minimum absolute atomic E-state index is 0.0777. The van der Waals surface area contributed by atoms with Gasteiger partial charge in [-0.1, -0.05) is 225 Å². The number of aliphatic imine (C=N–C) groups is 1. The normalized spacial score (nSPS) is 13.5. The molecular weight excluding hydrogens is 907 g/mol. The van der Waals surface area contributed by atoms with Crippen LogP contribution in [0, 0.1) is 13.8 Å². The van der Waals surface area contributed by atoms with Crippen molar-refractivity contribution in [2.45, 2.75) is 32.1 Å². The maximum absolute atomic E-state index is 5.44. The van der Waals surface area contributed by atoms with E-state index >= 15 is 0 Å². The SMILES string of the molecule is C=C(C(=Nc1ccccc1C)c1ccc(C(c2ccc(N(c3ccccc3)c3ccccc3)cc2)c2ccccc2-c2ccccc2)cc1)c1ccc(N(c2ccc(C)cc2)c2ccccc2C2C=CC=CC2)cc1. The van der Waals surface area contributed by atoms with Crippen LogP contribution < -0.4 is 9.80 Å². The molecule has 10 aromatic rings. The lowest BCUT2D eigenvalue weighted by Gasteiger charge is -2.30. The van der Waals surface area contributed by atoms with Crippen LogP contribution in [0.1, 0.15) is 62.8 Å². The summed E-state index contributed by atoms with van der Waals surface area (Å²) in [5.41, 5.74) is 20.9. The Kier molecular flexibility index (Phi) is 14.2. The zero-order chi connectivity index (χ0) is 50.9. The fourth-order valence-electron chi connectivity index (χ4n) is 10.4. The van der Waals surface area contributed by atoms with Gasteiger partial charge in [-0.3, -0.25) is 0 Å². The monoisotopic (exact) mass is 965 g/mol. The lowest BCUT2D eigenvalue weighted by atomic mass is 9.81. The molecule has 362 valence electrons. The number of nitrogens with zero attached hydrogens (tertiary/aromatic N) is 3. The van der Waals surface area contributed by atoms with Crippen LogP contribution in [0.4, 0.5) is 39.8 Å². The molecule has 0 bridgehead atoms. The van der Waals surface area contributed by atoms with Gasteiger partial charge >= 0.3 is 0 Å². The second kappa shape index (κ2) is 22.2. The molecule has 10 aromatic carbocycles. The van der Waals surface area contributed by atoms with Crippen molar-refractivity contribution >= 4 is 51.1 Å². The number of hydrogen-bond donors (Lipinski definition) is 0. The van der Waals surface area contributed by atoms with Gasteiger partial charge in [0.05, 0.1) is 11.4 Å². The Morgan fingerprint density at radius 1 is 0.467 bits per heavy atom. The van der Waals surface area contributed by atoms with Crippen molar-refractivity contribution in [3.63, 3.8) is 0 Å². The highest BCUT2D eigenvalue weighted by molar-refractivity contribution is 6.32. The van der Waals surface area contributed by atoms with Crippen LogP contribution in [0.25, 0.3) is 16.7 Å². The van der Waals surface area contributed by atoms with E-state index in [9.17, 15) is 0 Å². The van der Waals surface area contributed by atoms with Gasteiger partial charge in [-0.25, -0.2) is 4.99 Å². The molecule has 0 heterocycles. The van der Waals surface area contributed by atoms with Crippen LogP contribution in [0.3, 0.4) is 0 Å². The van der Waals surface area contributed by atoms with Gasteiger partial charge in [-0.15, -0.1) is 0 Å². The van der Waals surface area contributed by atoms with Crippen LogP contribution in [0.5, 0.6) is 0 Å². The van der Waals surface area contributed by atoms with Crippen LogP contribution in [-0.4, -0.2) is 5.71 Å². The van der Waals surface area contributed by atoms with Crippen molar-refractivity contribution < 1.29 is 0 Å². The lowest BCUT2D eigenvalue weighted by Crippen LogP contribution is -2.14. The molecule has 2 unspecified atom stereocenters. The second-order valence-electron chi connectivity index (χ2n) is 19.3. The summed E-state index contributed by atoms with van der Waals surface area (Å²) in [5, 5.41) is 0. The first kappa shape index (κ1) is 48.0. The molecule has 0 aliphatic heterocycles. The van der Waals surface area contributed by atoms with Gasteiger partial charge < -0.3 is 9.80 Å². The summed E-state index contributed by atoms with van der Waals surface area (Å²) in [6.45, 7) is 9.06. The molecule has 0 saturated carbocycles. The maximum Gasteiger partial charge on any atom is 0.0781 e. The van der Waals surface area contributed by atoms with E-state index in [0.29, 0.717) is 0 Å². The first-order chi connectivity index (χ1) is 37.0. The van der Waals surface area contributed by atoms with E-state index in [4.69, 9.17) is 11.6 Å². The van der Waals surface area contributed by atoms with E-state index in [2.05, 4.69) is 309 Å². The summed E-state index contributed by atoms with van der Waals surface area (Å²) in [6, 6.07) is 93.7. The zero-order valence-corrected chi connectivity index (χ0v) is 42.5. The Hall–Kier alpha value is -9.31. The molecule has 0 aromatic heterocycles. The van der Waals surface area contributed by atoms with E-state index in [1.165, 1.54) is 44.6 Å². The number of hydrogen-bond acceptors (Lipinski definition) is 3. The Balaban J connectivity index is 0.978. The number of anilines is 6. The van der Waals surface area contributed by atoms with Crippen molar-refractivity contribution in [1.29, 1.82) is 0 Å². The highest BCUT2D eigenvalue weighted by atomic mass is 15.1. The van der Waals surface area contributed by atoms with Crippen molar-refractivity contribution in [3.05, 3.63) is 336 Å². The summed E-state index contributed by atoms with van der Waals surface area (Å²) in [7, 11) is 0. The van der Waals surface area contributed by atoms with Crippen molar-refractivity contribution in [1.82, 2.24) is 0 Å². The molecule has 3 heteroatoms. The molecule has 0 N–H and O–H groups in total. The standard InChI is InChI=1S/C72H59N3/c1-52-36-46-64(47-37-52)75(70-35-21-19-32-67(70)57-25-10-5-11-26-57)65-48-42-55(43-49-65)54(3)72(73-69-34-20-16-22-53(69)2)60-40-38-58(39-41-60)71(68-33-18-17-31-66(68)56-23-8-4-9-24-56)59-44-50-63(51-45-59)74(61-27-12-6-13-28-61)62-29-14-7-15-30-62/h4-25,27-51,57,71H,3,26H2,1-2H3. The van der Waals surface area contributed by atoms with Gasteiger partial charge in [0.15, 0.2) is 0 Å². The molecule has 3 nitrogen and oxygen atoms in total. The zero-order valence-electron chi connectivity index (χ0n) is 42.5. The predicted octanol–water partition coefficient (Wildman–Crippen LogP) is 19.5.